The maximum atomic E-state index is 11.9. The lowest BCUT2D eigenvalue weighted by molar-refractivity contribution is -0.148. The second kappa shape index (κ2) is 9.64. The van der Waals surface area contributed by atoms with Crippen molar-refractivity contribution in [2.75, 3.05) is 19.8 Å². The lowest BCUT2D eigenvalue weighted by Gasteiger charge is -2.10. The van der Waals surface area contributed by atoms with E-state index in [2.05, 4.69) is 4.74 Å². The van der Waals surface area contributed by atoms with Crippen LogP contribution in [0, 0.1) is 13.8 Å². The fourth-order valence-electron chi connectivity index (χ4n) is 1.71. The molecule has 0 aliphatic carbocycles. The molecule has 26 heavy (non-hydrogen) atoms. The summed E-state index contributed by atoms with van der Waals surface area (Å²) in [5, 5.41) is 3.05. The number of hydrogen-bond acceptors (Lipinski definition) is 5. The van der Waals surface area contributed by atoms with E-state index in [1.807, 2.05) is 32.0 Å². The summed E-state index contributed by atoms with van der Waals surface area (Å²) >= 11 is 0. The SMILES string of the molecule is Cc1ccc(C)c(OCCC(=O)OCC(=O)NC(=O)NCC(F)(F)F)c1. The zero-order chi connectivity index (χ0) is 19.7. The smallest absolute Gasteiger partial charge is 0.405 e. The number of imide groups is 1. The van der Waals surface area contributed by atoms with Gasteiger partial charge in [-0.2, -0.15) is 13.2 Å². The number of amides is 3. The van der Waals surface area contributed by atoms with Crippen LogP contribution in [0.15, 0.2) is 18.2 Å². The zero-order valence-corrected chi connectivity index (χ0v) is 14.2. The molecule has 0 heterocycles. The van der Waals surface area contributed by atoms with Gasteiger partial charge in [0, 0.05) is 0 Å². The number of hydrogen-bond donors (Lipinski definition) is 2. The van der Waals surface area contributed by atoms with Crippen molar-refractivity contribution in [1.82, 2.24) is 10.6 Å². The van der Waals surface area contributed by atoms with Crippen molar-refractivity contribution in [1.29, 1.82) is 0 Å². The Bertz CT molecular complexity index is 662. The Morgan fingerprint density at radius 1 is 1.15 bits per heavy atom. The van der Waals surface area contributed by atoms with Crippen LogP contribution in [0.25, 0.3) is 0 Å². The topological polar surface area (TPSA) is 93.7 Å². The molecule has 0 radical (unpaired) electrons. The molecule has 0 aliphatic rings. The van der Waals surface area contributed by atoms with Gasteiger partial charge in [-0.05, 0) is 31.0 Å². The molecule has 7 nitrogen and oxygen atoms in total. The van der Waals surface area contributed by atoms with E-state index in [9.17, 15) is 27.6 Å². The summed E-state index contributed by atoms with van der Waals surface area (Å²) in [6.45, 7) is 1.39. The Balaban J connectivity index is 2.24. The van der Waals surface area contributed by atoms with E-state index in [-0.39, 0.29) is 13.0 Å². The predicted octanol–water partition coefficient (Wildman–Crippen LogP) is 2.00. The molecular weight excluding hydrogens is 357 g/mol. The van der Waals surface area contributed by atoms with Crippen LogP contribution in [0.5, 0.6) is 5.75 Å². The number of esters is 1. The van der Waals surface area contributed by atoms with Crippen molar-refractivity contribution in [3.63, 3.8) is 0 Å². The molecule has 0 unspecified atom stereocenters. The molecule has 0 atom stereocenters. The maximum Gasteiger partial charge on any atom is 0.405 e. The monoisotopic (exact) mass is 376 g/mol. The quantitative estimate of drug-likeness (QED) is 0.710. The first kappa shape index (κ1) is 21.3. The van der Waals surface area contributed by atoms with E-state index >= 15 is 0 Å². The number of urea groups is 1. The standard InChI is InChI=1S/C16H19F3N2O5/c1-10-3-4-11(2)12(7-10)25-6-5-14(23)26-8-13(22)21-15(24)20-9-16(17,18)19/h3-4,7H,5-6,8-9H2,1-2H3,(H2,20,21,22,24). The predicted molar refractivity (Wildman–Crippen MR) is 84.6 cm³/mol. The molecule has 0 saturated carbocycles. The molecule has 0 bridgehead atoms. The number of ether oxygens (including phenoxy) is 2. The van der Waals surface area contributed by atoms with Gasteiger partial charge in [0.25, 0.3) is 5.91 Å². The van der Waals surface area contributed by atoms with Gasteiger partial charge in [-0.25, -0.2) is 4.79 Å². The minimum absolute atomic E-state index is 0.0246. The van der Waals surface area contributed by atoms with Crippen LogP contribution in [-0.4, -0.2) is 43.8 Å². The van der Waals surface area contributed by atoms with Crippen LogP contribution in [0.1, 0.15) is 17.5 Å². The van der Waals surface area contributed by atoms with E-state index in [4.69, 9.17) is 4.74 Å². The third kappa shape index (κ3) is 8.90. The van der Waals surface area contributed by atoms with Crippen LogP contribution >= 0.6 is 0 Å². The number of nitrogens with one attached hydrogen (secondary N) is 2. The Morgan fingerprint density at radius 2 is 1.85 bits per heavy atom. The van der Waals surface area contributed by atoms with Gasteiger partial charge in [0.2, 0.25) is 0 Å². The Labute approximate surface area is 147 Å². The number of carbonyl (C=O) groups is 3. The van der Waals surface area contributed by atoms with Crippen LogP contribution < -0.4 is 15.4 Å². The molecule has 0 spiro atoms. The first-order valence-electron chi connectivity index (χ1n) is 7.57. The van der Waals surface area contributed by atoms with Crippen LogP contribution in [-0.2, 0) is 14.3 Å². The third-order valence-electron chi connectivity index (χ3n) is 2.97. The summed E-state index contributed by atoms with van der Waals surface area (Å²) in [6, 6.07) is 4.27. The second-order valence-corrected chi connectivity index (χ2v) is 5.37. The van der Waals surface area contributed by atoms with Gasteiger partial charge in [0.1, 0.15) is 12.3 Å². The lowest BCUT2D eigenvalue weighted by atomic mass is 10.1. The summed E-state index contributed by atoms with van der Waals surface area (Å²) in [4.78, 5) is 33.8. The van der Waals surface area contributed by atoms with Gasteiger partial charge in [-0.1, -0.05) is 12.1 Å². The number of halogens is 3. The molecule has 2 N–H and O–H groups in total. The van der Waals surface area contributed by atoms with Crippen molar-refractivity contribution < 1.29 is 37.0 Å². The molecule has 0 saturated heterocycles. The summed E-state index contributed by atoms with van der Waals surface area (Å²) in [6.07, 6.45) is -4.73. The summed E-state index contributed by atoms with van der Waals surface area (Å²) in [5.41, 5.74) is 1.89. The van der Waals surface area contributed by atoms with Gasteiger partial charge in [0.05, 0.1) is 13.0 Å². The van der Waals surface area contributed by atoms with Gasteiger partial charge in [-0.3, -0.25) is 14.9 Å². The van der Waals surface area contributed by atoms with Crippen LogP contribution in [0.3, 0.4) is 0 Å². The van der Waals surface area contributed by atoms with E-state index in [1.165, 1.54) is 5.32 Å². The summed E-state index contributed by atoms with van der Waals surface area (Å²) in [5.74, 6) is -1.17. The Morgan fingerprint density at radius 3 is 2.50 bits per heavy atom. The van der Waals surface area contributed by atoms with E-state index in [1.54, 1.807) is 5.32 Å². The van der Waals surface area contributed by atoms with Gasteiger partial charge < -0.3 is 14.8 Å². The molecule has 0 aliphatic heterocycles. The third-order valence-corrected chi connectivity index (χ3v) is 2.97. The molecule has 1 aromatic rings. The highest BCUT2D eigenvalue weighted by Gasteiger charge is 2.28. The second-order valence-electron chi connectivity index (χ2n) is 5.37. The average molecular weight is 376 g/mol. The minimum atomic E-state index is -4.59. The Hall–Kier alpha value is -2.78. The minimum Gasteiger partial charge on any atom is -0.493 e. The average Bonchev–Trinajstić information content (AvgIpc) is 2.53. The molecule has 1 rings (SSSR count). The van der Waals surface area contributed by atoms with E-state index < -0.39 is 37.2 Å². The van der Waals surface area contributed by atoms with E-state index in [0.717, 1.165) is 11.1 Å². The lowest BCUT2D eigenvalue weighted by Crippen LogP contribution is -2.44. The molecule has 144 valence electrons. The first-order valence-corrected chi connectivity index (χ1v) is 7.57. The number of aryl methyl sites for hydroxylation is 2. The van der Waals surface area contributed by atoms with Crippen molar-refractivity contribution >= 4 is 17.9 Å². The normalized spacial score (nSPS) is 10.8. The maximum absolute atomic E-state index is 11.9. The number of alkyl halides is 3. The first-order chi connectivity index (χ1) is 12.1. The highest BCUT2D eigenvalue weighted by molar-refractivity contribution is 5.95. The highest BCUT2D eigenvalue weighted by atomic mass is 19.4. The summed E-state index contributed by atoms with van der Waals surface area (Å²) in [7, 11) is 0. The highest BCUT2D eigenvalue weighted by Crippen LogP contribution is 2.19. The molecule has 0 aromatic heterocycles. The molecule has 3 amide bonds. The van der Waals surface area contributed by atoms with E-state index in [0.29, 0.717) is 5.75 Å². The number of rotatable bonds is 7. The van der Waals surface area contributed by atoms with Crippen LogP contribution in [0.2, 0.25) is 0 Å². The van der Waals surface area contributed by atoms with Crippen molar-refractivity contribution in [3.8, 4) is 5.75 Å². The Kier molecular flexibility index (Phi) is 7.88. The van der Waals surface area contributed by atoms with Gasteiger partial charge >= 0.3 is 18.2 Å². The van der Waals surface area contributed by atoms with Gasteiger partial charge in [0.15, 0.2) is 6.61 Å². The fraction of sp³-hybridized carbons (Fsp3) is 0.438. The molecule has 0 fully saturated rings. The largest absolute Gasteiger partial charge is 0.493 e. The number of carbonyl (C=O) groups excluding carboxylic acids is 3. The van der Waals surface area contributed by atoms with Crippen molar-refractivity contribution in [2.24, 2.45) is 0 Å². The van der Waals surface area contributed by atoms with Crippen molar-refractivity contribution in [2.45, 2.75) is 26.4 Å². The zero-order valence-electron chi connectivity index (χ0n) is 14.2. The number of benzene rings is 1. The van der Waals surface area contributed by atoms with Crippen LogP contribution in [0.4, 0.5) is 18.0 Å². The molecular formula is C16H19F3N2O5. The van der Waals surface area contributed by atoms with Gasteiger partial charge in [-0.15, -0.1) is 0 Å². The molecule has 1 aromatic carbocycles. The van der Waals surface area contributed by atoms with Crippen molar-refractivity contribution in [3.05, 3.63) is 29.3 Å². The molecule has 10 heteroatoms. The summed E-state index contributed by atoms with van der Waals surface area (Å²) < 4.78 is 45.7. The fourth-order valence-corrected chi connectivity index (χ4v) is 1.71.